The van der Waals surface area contributed by atoms with E-state index in [1.54, 1.807) is 0 Å². The lowest BCUT2D eigenvalue weighted by molar-refractivity contribution is 0.262. The highest BCUT2D eigenvalue weighted by molar-refractivity contribution is 6.00. The summed E-state index contributed by atoms with van der Waals surface area (Å²) in [6.45, 7) is 9.61. The first-order chi connectivity index (χ1) is 12.4. The maximum absolute atomic E-state index is 12.3. The van der Waals surface area contributed by atoms with E-state index in [1.807, 2.05) is 45.0 Å². The Bertz CT molecular complexity index is 775. The fourth-order valence-corrected chi connectivity index (χ4v) is 3.03. The summed E-state index contributed by atoms with van der Waals surface area (Å²) >= 11 is 0. The zero-order valence-corrected chi connectivity index (χ0v) is 15.8. The van der Waals surface area contributed by atoms with Crippen LogP contribution >= 0.6 is 0 Å². The third-order valence-electron chi connectivity index (χ3n) is 4.56. The van der Waals surface area contributed by atoms with Crippen LogP contribution in [0, 0.1) is 20.8 Å². The van der Waals surface area contributed by atoms with Crippen LogP contribution in [0.3, 0.4) is 0 Å². The van der Waals surface area contributed by atoms with Gasteiger partial charge in [-0.3, -0.25) is 0 Å². The number of piperazine rings is 1. The molecule has 0 unspecified atom stereocenters. The van der Waals surface area contributed by atoms with Crippen LogP contribution in [0.1, 0.15) is 17.0 Å². The molecular formula is C19H26N6O. The number of anilines is 3. The molecule has 2 heterocycles. The molecule has 2 aromatic rings. The number of urea groups is 1. The molecule has 3 rings (SSSR count). The van der Waals surface area contributed by atoms with Crippen LogP contribution in [0.15, 0.2) is 24.3 Å². The Hall–Kier alpha value is -2.67. The van der Waals surface area contributed by atoms with Gasteiger partial charge in [0.15, 0.2) is 0 Å². The van der Waals surface area contributed by atoms with Crippen LogP contribution in [0.25, 0.3) is 0 Å². The molecule has 2 amide bonds. The van der Waals surface area contributed by atoms with Crippen molar-refractivity contribution in [2.75, 3.05) is 48.8 Å². The number of aromatic nitrogens is 2. The predicted octanol–water partition coefficient (Wildman–Crippen LogP) is 2.80. The maximum atomic E-state index is 12.3. The van der Waals surface area contributed by atoms with E-state index in [9.17, 15) is 4.79 Å². The van der Waals surface area contributed by atoms with Crippen molar-refractivity contribution in [1.29, 1.82) is 0 Å². The molecule has 1 saturated heterocycles. The molecular weight excluding hydrogens is 328 g/mol. The molecule has 1 aliphatic heterocycles. The monoisotopic (exact) mass is 354 g/mol. The lowest BCUT2D eigenvalue weighted by Gasteiger charge is -2.32. The number of nitrogens with one attached hydrogen (secondary N) is 2. The molecule has 26 heavy (non-hydrogen) atoms. The van der Waals surface area contributed by atoms with Crippen molar-refractivity contribution >= 4 is 23.4 Å². The molecule has 0 saturated carbocycles. The van der Waals surface area contributed by atoms with Crippen molar-refractivity contribution < 1.29 is 4.79 Å². The molecule has 1 aromatic heterocycles. The predicted molar refractivity (Wildman–Crippen MR) is 105 cm³/mol. The molecule has 0 radical (unpaired) electrons. The summed E-state index contributed by atoms with van der Waals surface area (Å²) in [5.41, 5.74) is 4.05. The van der Waals surface area contributed by atoms with Crippen molar-refractivity contribution in [3.8, 4) is 0 Å². The maximum Gasteiger partial charge on any atom is 0.323 e. The van der Waals surface area contributed by atoms with Gasteiger partial charge in [-0.05, 0) is 45.5 Å². The quantitative estimate of drug-likeness (QED) is 0.887. The molecule has 1 aliphatic rings. The standard InChI is InChI=1S/C19H26N6O/c1-13-6-5-7-16(12-13)22-19(26)23-17-14(2)20-18(21-15(17)3)25-10-8-24(4)9-11-25/h5-7,12H,8-11H2,1-4H3,(H2,22,23,26). The highest BCUT2D eigenvalue weighted by atomic mass is 16.2. The van der Waals surface area contributed by atoms with Crippen LogP contribution in [0.5, 0.6) is 0 Å². The fourth-order valence-electron chi connectivity index (χ4n) is 3.03. The average Bonchev–Trinajstić information content (AvgIpc) is 2.58. The molecule has 138 valence electrons. The van der Waals surface area contributed by atoms with Gasteiger partial charge in [0.25, 0.3) is 0 Å². The summed E-state index contributed by atoms with van der Waals surface area (Å²) in [5, 5.41) is 5.73. The smallest absolute Gasteiger partial charge is 0.323 e. The highest BCUT2D eigenvalue weighted by Gasteiger charge is 2.19. The highest BCUT2D eigenvalue weighted by Crippen LogP contribution is 2.21. The molecule has 2 N–H and O–H groups in total. The van der Waals surface area contributed by atoms with E-state index in [1.165, 1.54) is 0 Å². The van der Waals surface area contributed by atoms with Gasteiger partial charge in [-0.15, -0.1) is 0 Å². The zero-order chi connectivity index (χ0) is 18.7. The number of likely N-dealkylation sites (N-methyl/N-ethyl adjacent to an activating group) is 1. The van der Waals surface area contributed by atoms with Gasteiger partial charge >= 0.3 is 6.03 Å². The largest absolute Gasteiger partial charge is 0.338 e. The van der Waals surface area contributed by atoms with E-state index < -0.39 is 0 Å². The molecule has 0 spiro atoms. The number of benzene rings is 1. The van der Waals surface area contributed by atoms with Crippen LogP contribution < -0.4 is 15.5 Å². The van der Waals surface area contributed by atoms with E-state index in [0.29, 0.717) is 5.69 Å². The van der Waals surface area contributed by atoms with Crippen molar-refractivity contribution in [3.05, 3.63) is 41.2 Å². The number of aryl methyl sites for hydroxylation is 3. The van der Waals surface area contributed by atoms with Crippen molar-refractivity contribution in [2.24, 2.45) is 0 Å². The summed E-state index contributed by atoms with van der Waals surface area (Å²) < 4.78 is 0. The van der Waals surface area contributed by atoms with E-state index in [-0.39, 0.29) is 6.03 Å². The number of rotatable bonds is 3. The topological polar surface area (TPSA) is 73.4 Å². The number of hydrogen-bond acceptors (Lipinski definition) is 5. The van der Waals surface area contributed by atoms with Crippen molar-refractivity contribution in [2.45, 2.75) is 20.8 Å². The molecule has 0 bridgehead atoms. The number of carbonyl (C=O) groups excluding carboxylic acids is 1. The first-order valence-corrected chi connectivity index (χ1v) is 8.86. The second-order valence-electron chi connectivity index (χ2n) is 6.81. The normalized spacial score (nSPS) is 15.0. The first-order valence-electron chi connectivity index (χ1n) is 8.86. The Morgan fingerprint density at radius 2 is 1.65 bits per heavy atom. The van der Waals surface area contributed by atoms with Gasteiger partial charge in [0.05, 0.1) is 17.1 Å². The Balaban J connectivity index is 1.71. The Labute approximate surface area is 154 Å². The minimum Gasteiger partial charge on any atom is -0.338 e. The summed E-state index contributed by atoms with van der Waals surface area (Å²) in [4.78, 5) is 26.0. The van der Waals surface area contributed by atoms with E-state index >= 15 is 0 Å². The summed E-state index contributed by atoms with van der Waals surface area (Å²) in [6.07, 6.45) is 0. The van der Waals surface area contributed by atoms with Crippen LogP contribution in [-0.4, -0.2) is 54.1 Å². The summed E-state index contributed by atoms with van der Waals surface area (Å²) in [7, 11) is 2.12. The third kappa shape index (κ3) is 4.29. The van der Waals surface area contributed by atoms with Gasteiger partial charge in [0.1, 0.15) is 0 Å². The first kappa shape index (κ1) is 18.1. The van der Waals surface area contributed by atoms with Gasteiger partial charge in [0.2, 0.25) is 5.95 Å². The van der Waals surface area contributed by atoms with Crippen molar-refractivity contribution in [3.63, 3.8) is 0 Å². The number of carbonyl (C=O) groups is 1. The number of amides is 2. The lowest BCUT2D eigenvalue weighted by atomic mass is 10.2. The fraction of sp³-hybridized carbons (Fsp3) is 0.421. The van der Waals surface area contributed by atoms with Gasteiger partial charge in [-0.2, -0.15) is 0 Å². The zero-order valence-electron chi connectivity index (χ0n) is 15.8. The van der Waals surface area contributed by atoms with E-state index in [2.05, 4.69) is 37.4 Å². The second kappa shape index (κ2) is 7.70. The van der Waals surface area contributed by atoms with Gasteiger partial charge < -0.3 is 20.4 Å². The van der Waals surface area contributed by atoms with Gasteiger partial charge in [0, 0.05) is 31.9 Å². The summed E-state index contributed by atoms with van der Waals surface area (Å²) in [6, 6.07) is 7.39. The van der Waals surface area contributed by atoms with Crippen molar-refractivity contribution in [1.82, 2.24) is 14.9 Å². The van der Waals surface area contributed by atoms with Crippen LogP contribution in [-0.2, 0) is 0 Å². The third-order valence-corrected chi connectivity index (χ3v) is 4.56. The number of nitrogens with zero attached hydrogens (tertiary/aromatic N) is 4. The Morgan fingerprint density at radius 1 is 1.00 bits per heavy atom. The van der Waals surface area contributed by atoms with Gasteiger partial charge in [-0.25, -0.2) is 14.8 Å². The van der Waals surface area contributed by atoms with Crippen LogP contribution in [0.4, 0.5) is 22.1 Å². The molecule has 0 atom stereocenters. The SMILES string of the molecule is Cc1cccc(NC(=O)Nc2c(C)nc(N3CCN(C)CC3)nc2C)c1. The van der Waals surface area contributed by atoms with E-state index in [0.717, 1.165) is 54.8 Å². The second-order valence-corrected chi connectivity index (χ2v) is 6.81. The van der Waals surface area contributed by atoms with Crippen LogP contribution in [0.2, 0.25) is 0 Å². The molecule has 7 heteroatoms. The molecule has 1 fully saturated rings. The molecule has 1 aromatic carbocycles. The Morgan fingerprint density at radius 3 is 2.27 bits per heavy atom. The molecule has 0 aliphatic carbocycles. The van der Waals surface area contributed by atoms with E-state index in [4.69, 9.17) is 0 Å². The molecule has 7 nitrogen and oxygen atoms in total. The minimum atomic E-state index is -0.294. The summed E-state index contributed by atoms with van der Waals surface area (Å²) in [5.74, 6) is 0.734. The number of hydrogen-bond donors (Lipinski definition) is 2. The minimum absolute atomic E-state index is 0.294. The average molecular weight is 354 g/mol. The lowest BCUT2D eigenvalue weighted by Crippen LogP contribution is -2.45. The Kier molecular flexibility index (Phi) is 5.37. The van der Waals surface area contributed by atoms with Gasteiger partial charge in [-0.1, -0.05) is 12.1 Å².